The summed E-state index contributed by atoms with van der Waals surface area (Å²) in [5.41, 5.74) is 1.21. The highest BCUT2D eigenvalue weighted by molar-refractivity contribution is 6.31. The molecule has 3 aromatic rings. The topological polar surface area (TPSA) is 63.0 Å². The fourth-order valence-corrected chi connectivity index (χ4v) is 4.69. The van der Waals surface area contributed by atoms with Crippen molar-refractivity contribution in [2.75, 3.05) is 39.4 Å². The van der Waals surface area contributed by atoms with E-state index in [2.05, 4.69) is 4.90 Å². The van der Waals surface area contributed by atoms with Crippen molar-refractivity contribution in [2.45, 2.75) is 6.04 Å². The minimum absolute atomic E-state index is 0.0896. The molecule has 1 fully saturated rings. The third kappa shape index (κ3) is 3.74. The van der Waals surface area contributed by atoms with Crippen LogP contribution >= 0.6 is 23.2 Å². The summed E-state index contributed by atoms with van der Waals surface area (Å²) < 4.78 is 11.4. The predicted molar refractivity (Wildman–Crippen MR) is 119 cm³/mol. The Balaban J connectivity index is 1.61. The monoisotopic (exact) mass is 458 g/mol. The van der Waals surface area contributed by atoms with Crippen LogP contribution in [0.5, 0.6) is 0 Å². The van der Waals surface area contributed by atoms with Crippen molar-refractivity contribution in [3.8, 4) is 0 Å². The van der Waals surface area contributed by atoms with Crippen LogP contribution in [0.15, 0.2) is 51.7 Å². The highest BCUT2D eigenvalue weighted by atomic mass is 35.5. The first-order valence-corrected chi connectivity index (χ1v) is 10.9. The maximum absolute atomic E-state index is 13.5. The predicted octanol–water partition coefficient (Wildman–Crippen LogP) is 3.98. The van der Waals surface area contributed by atoms with Gasteiger partial charge in [-0.05, 0) is 35.9 Å². The summed E-state index contributed by atoms with van der Waals surface area (Å²) in [7, 11) is 0. The van der Waals surface area contributed by atoms with Crippen LogP contribution < -0.4 is 5.43 Å². The maximum atomic E-state index is 13.5. The number of ether oxygens (including phenoxy) is 1. The smallest absolute Gasteiger partial charge is 0.290 e. The summed E-state index contributed by atoms with van der Waals surface area (Å²) in [6.07, 6.45) is 0. The Morgan fingerprint density at radius 2 is 1.74 bits per heavy atom. The molecule has 31 heavy (non-hydrogen) atoms. The lowest BCUT2D eigenvalue weighted by Crippen LogP contribution is -2.42. The number of hydrogen-bond donors (Lipinski definition) is 0. The van der Waals surface area contributed by atoms with Crippen molar-refractivity contribution < 1.29 is 13.9 Å². The lowest BCUT2D eigenvalue weighted by Gasteiger charge is -2.31. The highest BCUT2D eigenvalue weighted by Crippen LogP contribution is 2.38. The van der Waals surface area contributed by atoms with E-state index in [1.54, 1.807) is 35.2 Å². The second kappa shape index (κ2) is 8.28. The Morgan fingerprint density at radius 1 is 0.968 bits per heavy atom. The minimum atomic E-state index is -0.568. The zero-order chi connectivity index (χ0) is 21.5. The molecule has 0 saturated carbocycles. The molecule has 2 aliphatic heterocycles. The molecule has 1 atom stereocenters. The van der Waals surface area contributed by atoms with Gasteiger partial charge in [0.2, 0.25) is 5.76 Å². The zero-order valence-corrected chi connectivity index (χ0v) is 18.2. The molecule has 0 aliphatic carbocycles. The van der Waals surface area contributed by atoms with Gasteiger partial charge in [0, 0.05) is 36.2 Å². The van der Waals surface area contributed by atoms with E-state index in [1.807, 2.05) is 12.1 Å². The van der Waals surface area contributed by atoms with Gasteiger partial charge in [0.1, 0.15) is 5.58 Å². The van der Waals surface area contributed by atoms with E-state index in [0.717, 1.165) is 18.7 Å². The number of nitrogens with zero attached hydrogens (tertiary/aromatic N) is 2. The molecule has 0 N–H and O–H groups in total. The SMILES string of the molecule is O=C1c2oc3ccc(Cl)cc3c(=O)c2C(c2cccc(Cl)c2)N1CCN1CCOCC1. The van der Waals surface area contributed by atoms with E-state index in [-0.39, 0.29) is 17.1 Å². The lowest BCUT2D eigenvalue weighted by atomic mass is 9.98. The van der Waals surface area contributed by atoms with Crippen LogP contribution in [-0.4, -0.2) is 55.1 Å². The van der Waals surface area contributed by atoms with Crippen LogP contribution in [0.3, 0.4) is 0 Å². The largest absolute Gasteiger partial charge is 0.450 e. The molecule has 5 rings (SSSR count). The quantitative estimate of drug-likeness (QED) is 0.591. The highest BCUT2D eigenvalue weighted by Gasteiger charge is 2.42. The van der Waals surface area contributed by atoms with Crippen molar-refractivity contribution >= 4 is 40.1 Å². The number of carbonyl (C=O) groups is 1. The van der Waals surface area contributed by atoms with Gasteiger partial charge in [-0.25, -0.2) is 0 Å². The second-order valence-electron chi connectivity index (χ2n) is 7.72. The van der Waals surface area contributed by atoms with Crippen LogP contribution in [0.1, 0.15) is 27.7 Å². The Hall–Kier alpha value is -2.38. The molecular weight excluding hydrogens is 439 g/mol. The number of amides is 1. The molecule has 0 bridgehead atoms. The van der Waals surface area contributed by atoms with Gasteiger partial charge in [0.25, 0.3) is 5.91 Å². The van der Waals surface area contributed by atoms with Crippen LogP contribution in [0.25, 0.3) is 11.0 Å². The van der Waals surface area contributed by atoms with Gasteiger partial charge in [-0.1, -0.05) is 35.3 Å². The van der Waals surface area contributed by atoms with Crippen LogP contribution in [0.4, 0.5) is 0 Å². The first kappa shape index (κ1) is 20.5. The van der Waals surface area contributed by atoms with Gasteiger partial charge in [-0.3, -0.25) is 14.5 Å². The van der Waals surface area contributed by atoms with Crippen LogP contribution in [-0.2, 0) is 4.74 Å². The van der Waals surface area contributed by atoms with Crippen molar-refractivity contribution in [1.29, 1.82) is 0 Å². The summed E-state index contributed by atoms with van der Waals surface area (Å²) >= 11 is 12.4. The second-order valence-corrected chi connectivity index (χ2v) is 8.60. The lowest BCUT2D eigenvalue weighted by molar-refractivity contribution is 0.0314. The standard InChI is InChI=1S/C23H20Cl2N2O4/c24-15-3-1-2-14(12-15)20-19-21(28)17-13-16(25)4-5-18(17)31-22(19)23(29)27(20)7-6-26-8-10-30-11-9-26/h1-5,12-13,20H,6-11H2. The van der Waals surface area contributed by atoms with Crippen LogP contribution in [0, 0.1) is 0 Å². The molecule has 1 amide bonds. The van der Waals surface area contributed by atoms with Gasteiger partial charge in [0.15, 0.2) is 5.43 Å². The van der Waals surface area contributed by atoms with Gasteiger partial charge in [-0.15, -0.1) is 0 Å². The normalized spacial score (nSPS) is 19.2. The number of fused-ring (bicyclic) bond motifs is 2. The van der Waals surface area contributed by atoms with Crippen molar-refractivity contribution in [3.63, 3.8) is 0 Å². The summed E-state index contributed by atoms with van der Waals surface area (Å²) in [6, 6.07) is 11.5. The van der Waals surface area contributed by atoms with E-state index in [9.17, 15) is 9.59 Å². The Morgan fingerprint density at radius 3 is 2.52 bits per heavy atom. The third-order valence-corrected chi connectivity index (χ3v) is 6.32. The number of morpholine rings is 1. The van der Waals surface area contributed by atoms with Crippen LogP contribution in [0.2, 0.25) is 10.0 Å². The molecule has 8 heteroatoms. The molecule has 160 valence electrons. The number of halogens is 2. The molecule has 3 heterocycles. The van der Waals surface area contributed by atoms with Crippen molar-refractivity contribution in [3.05, 3.63) is 79.6 Å². The van der Waals surface area contributed by atoms with Crippen molar-refractivity contribution in [1.82, 2.24) is 9.80 Å². The molecule has 1 aromatic heterocycles. The molecule has 6 nitrogen and oxygen atoms in total. The summed E-state index contributed by atoms with van der Waals surface area (Å²) in [6.45, 7) is 4.12. The molecular formula is C23H20Cl2N2O4. The van der Waals surface area contributed by atoms with Gasteiger partial charge >= 0.3 is 0 Å². The maximum Gasteiger partial charge on any atom is 0.290 e. The Bertz CT molecular complexity index is 1220. The first-order chi connectivity index (χ1) is 15.0. The fraction of sp³-hybridized carbons (Fsp3) is 0.304. The van der Waals surface area contributed by atoms with E-state index in [0.29, 0.717) is 52.9 Å². The molecule has 0 spiro atoms. The van der Waals surface area contributed by atoms with Gasteiger partial charge in [-0.2, -0.15) is 0 Å². The number of carbonyl (C=O) groups excluding carboxylic acids is 1. The third-order valence-electron chi connectivity index (χ3n) is 5.85. The first-order valence-electron chi connectivity index (χ1n) is 10.2. The van der Waals surface area contributed by atoms with Gasteiger partial charge < -0.3 is 14.1 Å². The average Bonchev–Trinajstić information content (AvgIpc) is 3.05. The Kier molecular flexibility index (Phi) is 5.48. The summed E-state index contributed by atoms with van der Waals surface area (Å²) in [4.78, 5) is 30.8. The van der Waals surface area contributed by atoms with E-state index in [4.69, 9.17) is 32.4 Å². The summed E-state index contributed by atoms with van der Waals surface area (Å²) in [5, 5.41) is 1.34. The number of benzene rings is 2. The molecule has 2 aromatic carbocycles. The average molecular weight is 459 g/mol. The molecule has 1 unspecified atom stereocenters. The number of hydrogen-bond acceptors (Lipinski definition) is 5. The fourth-order valence-electron chi connectivity index (χ4n) is 4.32. The Labute approximate surface area is 188 Å². The minimum Gasteiger partial charge on any atom is -0.450 e. The molecule has 2 aliphatic rings. The number of rotatable bonds is 4. The van der Waals surface area contributed by atoms with E-state index in [1.165, 1.54) is 0 Å². The molecule has 1 saturated heterocycles. The van der Waals surface area contributed by atoms with Gasteiger partial charge in [0.05, 0.1) is 30.2 Å². The van der Waals surface area contributed by atoms with E-state index >= 15 is 0 Å². The zero-order valence-electron chi connectivity index (χ0n) is 16.6. The molecule has 0 radical (unpaired) electrons. The van der Waals surface area contributed by atoms with E-state index < -0.39 is 6.04 Å². The summed E-state index contributed by atoms with van der Waals surface area (Å²) in [5.74, 6) is -0.200. The van der Waals surface area contributed by atoms with Crippen molar-refractivity contribution in [2.24, 2.45) is 0 Å².